The van der Waals surface area contributed by atoms with Gasteiger partial charge in [0.15, 0.2) is 0 Å². The zero-order chi connectivity index (χ0) is 20.9. The highest BCUT2D eigenvalue weighted by molar-refractivity contribution is 8.00. The van der Waals surface area contributed by atoms with Crippen LogP contribution in [0.4, 0.5) is 0 Å². The minimum Gasteiger partial charge on any atom is -0.360 e. The molecular weight excluding hydrogens is 388 g/mol. The summed E-state index contributed by atoms with van der Waals surface area (Å²) in [6.45, 7) is 10.1. The van der Waals surface area contributed by atoms with Gasteiger partial charge < -0.3 is 4.74 Å². The number of Topliss-reactive ketones (excluding diaryl/α,β-unsaturated/α-hetero) is 1. The monoisotopic (exact) mass is 428 g/mol. The van der Waals surface area contributed by atoms with Crippen molar-refractivity contribution in [3.8, 4) is 0 Å². The minimum atomic E-state index is 0.113. The fraction of sp³-hybridized carbons (Fsp3) is 0.889. The molecule has 30 heavy (non-hydrogen) atoms. The van der Waals surface area contributed by atoms with Gasteiger partial charge in [0.05, 0.1) is 6.10 Å². The van der Waals surface area contributed by atoms with E-state index in [9.17, 15) is 4.79 Å². The number of thioether (sulfide) groups is 1. The Hall–Kier alpha value is -0.280. The fourth-order valence-electron chi connectivity index (χ4n) is 9.49. The molecule has 2 nitrogen and oxygen atoms in total. The highest BCUT2D eigenvalue weighted by Crippen LogP contribution is 2.71. The van der Waals surface area contributed by atoms with Gasteiger partial charge in [0.2, 0.25) is 0 Å². The van der Waals surface area contributed by atoms with Crippen LogP contribution in [0.25, 0.3) is 0 Å². The van der Waals surface area contributed by atoms with Crippen molar-refractivity contribution >= 4 is 17.5 Å². The standard InChI is InChI=1S/C27H40O2S/c1-16-7-12-27(30-15-16)17(2)24-23(29-27)14-22-20-6-5-18-13-19(28)8-10-25(18,3)21(20)9-11-26(22,24)4/h5,16-17,20-24H,6-15H2,1-4H3/t16-,17+,20-,21+,22+,23+,24+,25+,26+,27+/m1/s1. The number of rotatable bonds is 0. The van der Waals surface area contributed by atoms with E-state index in [-0.39, 0.29) is 4.93 Å². The van der Waals surface area contributed by atoms with Crippen molar-refractivity contribution in [1.82, 2.24) is 0 Å². The predicted octanol–water partition coefficient (Wildman–Crippen LogP) is 6.64. The highest BCUT2D eigenvalue weighted by Gasteiger charge is 2.68. The maximum Gasteiger partial charge on any atom is 0.136 e. The first-order valence-electron chi connectivity index (χ1n) is 12.8. The SMILES string of the molecule is C[C@@H]1CC[C@]2(O[C@H]3C[C@H]4[C@@H]5CC=C6CC(=O)CC[C@]6(C)[C@H]5CC[C@]4(C)[C@H]3[C@@H]2C)SC1. The van der Waals surface area contributed by atoms with Crippen molar-refractivity contribution in [2.45, 2.75) is 96.5 Å². The molecule has 0 aromatic heterocycles. The molecule has 4 aliphatic carbocycles. The number of hydrogen-bond donors (Lipinski definition) is 0. The largest absolute Gasteiger partial charge is 0.360 e. The summed E-state index contributed by atoms with van der Waals surface area (Å²) in [4.78, 5) is 12.2. The molecule has 1 spiro atoms. The van der Waals surface area contributed by atoms with Crippen molar-refractivity contribution in [2.75, 3.05) is 5.75 Å². The molecule has 0 unspecified atom stereocenters. The van der Waals surface area contributed by atoms with Gasteiger partial charge in [-0.05, 0) is 91.1 Å². The summed E-state index contributed by atoms with van der Waals surface area (Å²) in [7, 11) is 0. The molecular formula is C27H40O2S. The van der Waals surface area contributed by atoms with Gasteiger partial charge in [-0.15, -0.1) is 11.8 Å². The Morgan fingerprint density at radius 2 is 1.93 bits per heavy atom. The van der Waals surface area contributed by atoms with Crippen LogP contribution in [0.3, 0.4) is 0 Å². The van der Waals surface area contributed by atoms with Crippen molar-refractivity contribution in [3.63, 3.8) is 0 Å². The molecule has 0 radical (unpaired) electrons. The number of carbonyl (C=O) groups is 1. The summed E-state index contributed by atoms with van der Waals surface area (Å²) in [5, 5.41) is 0. The molecule has 166 valence electrons. The molecule has 10 atom stereocenters. The minimum absolute atomic E-state index is 0.113. The second-order valence-electron chi connectivity index (χ2n) is 12.5. The molecule has 5 fully saturated rings. The van der Waals surface area contributed by atoms with Crippen LogP contribution in [0, 0.1) is 46.3 Å². The van der Waals surface area contributed by atoms with E-state index in [4.69, 9.17) is 4.74 Å². The molecule has 0 amide bonds. The molecule has 2 saturated heterocycles. The van der Waals surface area contributed by atoms with Crippen molar-refractivity contribution in [2.24, 2.45) is 46.3 Å². The Bertz CT molecular complexity index is 780. The number of fused-ring (bicyclic) bond motifs is 7. The predicted molar refractivity (Wildman–Crippen MR) is 123 cm³/mol. The summed E-state index contributed by atoms with van der Waals surface area (Å²) in [6.07, 6.45) is 13.5. The molecule has 2 heterocycles. The lowest BCUT2D eigenvalue weighted by Crippen LogP contribution is -2.51. The Balaban J connectivity index is 1.29. The van der Waals surface area contributed by atoms with Crippen molar-refractivity contribution < 1.29 is 9.53 Å². The van der Waals surface area contributed by atoms with Crippen LogP contribution >= 0.6 is 11.8 Å². The van der Waals surface area contributed by atoms with E-state index in [1.807, 2.05) is 0 Å². The topological polar surface area (TPSA) is 26.3 Å². The average Bonchev–Trinajstić information content (AvgIpc) is 3.16. The fourth-order valence-corrected chi connectivity index (χ4v) is 11.1. The molecule has 0 aromatic carbocycles. The first kappa shape index (κ1) is 20.3. The number of ketones is 1. The molecule has 2 aliphatic heterocycles. The Kier molecular flexibility index (Phi) is 4.49. The maximum absolute atomic E-state index is 12.1. The molecule has 3 saturated carbocycles. The number of hydrogen-bond acceptors (Lipinski definition) is 3. The van der Waals surface area contributed by atoms with Gasteiger partial charge in [-0.25, -0.2) is 0 Å². The highest BCUT2D eigenvalue weighted by atomic mass is 32.2. The molecule has 0 bridgehead atoms. The van der Waals surface area contributed by atoms with E-state index in [0.29, 0.717) is 28.6 Å². The van der Waals surface area contributed by atoms with E-state index in [0.717, 1.165) is 48.9 Å². The van der Waals surface area contributed by atoms with Gasteiger partial charge >= 0.3 is 0 Å². The van der Waals surface area contributed by atoms with Gasteiger partial charge in [0.1, 0.15) is 10.7 Å². The van der Waals surface area contributed by atoms with Gasteiger partial charge in [0.25, 0.3) is 0 Å². The first-order valence-corrected chi connectivity index (χ1v) is 13.8. The first-order chi connectivity index (χ1) is 14.3. The smallest absolute Gasteiger partial charge is 0.136 e. The van der Waals surface area contributed by atoms with E-state index >= 15 is 0 Å². The third kappa shape index (κ3) is 2.57. The van der Waals surface area contributed by atoms with E-state index in [1.165, 1.54) is 49.9 Å². The summed E-state index contributed by atoms with van der Waals surface area (Å²) in [6, 6.07) is 0. The van der Waals surface area contributed by atoms with Gasteiger partial charge in [-0.2, -0.15) is 0 Å². The second-order valence-corrected chi connectivity index (χ2v) is 13.8. The van der Waals surface area contributed by atoms with Gasteiger partial charge in [-0.1, -0.05) is 39.3 Å². The second kappa shape index (κ2) is 6.62. The van der Waals surface area contributed by atoms with Crippen LogP contribution < -0.4 is 0 Å². The quantitative estimate of drug-likeness (QED) is 0.405. The summed E-state index contributed by atoms with van der Waals surface area (Å²) in [5.74, 6) is 6.44. The Morgan fingerprint density at radius 1 is 1.10 bits per heavy atom. The lowest BCUT2D eigenvalue weighted by atomic mass is 9.47. The van der Waals surface area contributed by atoms with Crippen LogP contribution in [-0.2, 0) is 9.53 Å². The summed E-state index contributed by atoms with van der Waals surface area (Å²) >= 11 is 2.16. The molecule has 6 aliphatic rings. The van der Waals surface area contributed by atoms with E-state index in [2.05, 4.69) is 45.5 Å². The van der Waals surface area contributed by atoms with Crippen LogP contribution in [0.2, 0.25) is 0 Å². The van der Waals surface area contributed by atoms with Crippen LogP contribution in [0.15, 0.2) is 11.6 Å². The normalized spacial score (nSPS) is 57.4. The van der Waals surface area contributed by atoms with Crippen LogP contribution in [0.5, 0.6) is 0 Å². The number of ether oxygens (including phenoxy) is 1. The zero-order valence-electron chi connectivity index (χ0n) is 19.4. The van der Waals surface area contributed by atoms with Crippen LogP contribution in [-0.4, -0.2) is 22.6 Å². The number of carbonyl (C=O) groups excluding carboxylic acids is 1. The Morgan fingerprint density at radius 3 is 2.70 bits per heavy atom. The lowest BCUT2D eigenvalue weighted by Gasteiger charge is -2.58. The third-order valence-electron chi connectivity index (χ3n) is 11.2. The third-order valence-corrected chi connectivity index (χ3v) is 13.1. The van der Waals surface area contributed by atoms with Crippen molar-refractivity contribution in [1.29, 1.82) is 0 Å². The number of allylic oxidation sites excluding steroid dienone is 2. The molecule has 6 rings (SSSR count). The summed E-state index contributed by atoms with van der Waals surface area (Å²) < 4.78 is 7.06. The maximum atomic E-state index is 12.1. The average molecular weight is 429 g/mol. The zero-order valence-corrected chi connectivity index (χ0v) is 20.2. The van der Waals surface area contributed by atoms with Crippen molar-refractivity contribution in [3.05, 3.63) is 11.6 Å². The van der Waals surface area contributed by atoms with Gasteiger partial charge in [-0.3, -0.25) is 4.79 Å². The molecule has 0 N–H and O–H groups in total. The van der Waals surface area contributed by atoms with E-state index in [1.54, 1.807) is 0 Å². The Labute approximate surface area is 187 Å². The van der Waals surface area contributed by atoms with E-state index < -0.39 is 0 Å². The summed E-state index contributed by atoms with van der Waals surface area (Å²) in [5.41, 5.74) is 2.24. The molecule has 3 heteroatoms. The molecule has 0 aromatic rings. The lowest BCUT2D eigenvalue weighted by molar-refractivity contribution is -0.122. The van der Waals surface area contributed by atoms with Gasteiger partial charge in [0, 0.05) is 18.8 Å². The van der Waals surface area contributed by atoms with Crippen LogP contribution in [0.1, 0.15) is 85.5 Å².